The van der Waals surface area contributed by atoms with Crippen LogP contribution in [0, 0.1) is 11.6 Å². The largest absolute Gasteiger partial charge is 0.374 e. The van der Waals surface area contributed by atoms with Crippen molar-refractivity contribution in [2.75, 3.05) is 5.32 Å². The van der Waals surface area contributed by atoms with E-state index in [0.717, 1.165) is 16.8 Å². The monoisotopic (exact) mass is 296 g/mol. The maximum Gasteiger partial charge on any atom is 0.123 e. The molecule has 0 fully saturated rings. The molecule has 110 valence electrons. The van der Waals surface area contributed by atoms with Crippen LogP contribution in [-0.4, -0.2) is 4.98 Å². The Morgan fingerprint density at radius 3 is 1.59 bits per heavy atom. The third kappa shape index (κ3) is 3.28. The number of pyridine rings is 1. The van der Waals surface area contributed by atoms with E-state index >= 15 is 0 Å². The van der Waals surface area contributed by atoms with Gasteiger partial charge in [-0.1, -0.05) is 24.3 Å². The van der Waals surface area contributed by atoms with Crippen LogP contribution in [0.25, 0.3) is 0 Å². The number of aromatic nitrogens is 1. The van der Waals surface area contributed by atoms with Crippen LogP contribution in [0.5, 0.6) is 0 Å². The van der Waals surface area contributed by atoms with Gasteiger partial charge < -0.3 is 5.32 Å². The van der Waals surface area contributed by atoms with Crippen molar-refractivity contribution in [1.29, 1.82) is 0 Å². The fourth-order valence-corrected chi connectivity index (χ4v) is 2.28. The fourth-order valence-electron chi connectivity index (χ4n) is 2.28. The lowest BCUT2D eigenvalue weighted by atomic mass is 9.98. The Kier molecular flexibility index (Phi) is 4.10. The Balaban J connectivity index is 1.97. The lowest BCUT2D eigenvalue weighted by Gasteiger charge is -2.21. The van der Waals surface area contributed by atoms with Gasteiger partial charge in [-0.05, 0) is 47.5 Å². The van der Waals surface area contributed by atoms with Crippen LogP contribution >= 0.6 is 0 Å². The number of hydrogen-bond acceptors (Lipinski definition) is 2. The van der Waals surface area contributed by atoms with E-state index in [9.17, 15) is 8.78 Å². The van der Waals surface area contributed by atoms with E-state index < -0.39 is 0 Å². The molecule has 0 atom stereocenters. The number of nitrogens with one attached hydrogen (secondary N) is 1. The first-order valence-corrected chi connectivity index (χ1v) is 6.90. The topological polar surface area (TPSA) is 24.9 Å². The van der Waals surface area contributed by atoms with Crippen molar-refractivity contribution in [3.63, 3.8) is 0 Å². The van der Waals surface area contributed by atoms with E-state index in [-0.39, 0.29) is 17.7 Å². The smallest absolute Gasteiger partial charge is 0.123 e. The molecule has 0 aliphatic carbocycles. The molecule has 0 saturated heterocycles. The van der Waals surface area contributed by atoms with Gasteiger partial charge >= 0.3 is 0 Å². The molecule has 0 aliphatic heterocycles. The van der Waals surface area contributed by atoms with Gasteiger partial charge in [0.2, 0.25) is 0 Å². The van der Waals surface area contributed by atoms with Gasteiger partial charge in [0.15, 0.2) is 0 Å². The van der Waals surface area contributed by atoms with Crippen molar-refractivity contribution in [3.05, 3.63) is 95.8 Å². The van der Waals surface area contributed by atoms with Crippen molar-refractivity contribution < 1.29 is 8.78 Å². The van der Waals surface area contributed by atoms with Gasteiger partial charge in [-0.2, -0.15) is 0 Å². The van der Waals surface area contributed by atoms with Crippen LogP contribution in [0.3, 0.4) is 0 Å². The van der Waals surface area contributed by atoms with Crippen molar-refractivity contribution in [3.8, 4) is 0 Å². The lowest BCUT2D eigenvalue weighted by Crippen LogP contribution is -2.12. The van der Waals surface area contributed by atoms with Gasteiger partial charge in [0.1, 0.15) is 11.6 Å². The van der Waals surface area contributed by atoms with Crippen molar-refractivity contribution in [2.45, 2.75) is 6.04 Å². The van der Waals surface area contributed by atoms with Gasteiger partial charge in [-0.15, -0.1) is 0 Å². The first-order valence-electron chi connectivity index (χ1n) is 6.90. The SMILES string of the molecule is Fc1ccc(C(Nc2ccncc2)c2ccc(F)cc2)cc1. The van der Waals surface area contributed by atoms with E-state index in [0.29, 0.717) is 0 Å². The van der Waals surface area contributed by atoms with Crippen LogP contribution in [0.4, 0.5) is 14.5 Å². The zero-order valence-corrected chi connectivity index (χ0v) is 11.7. The minimum Gasteiger partial charge on any atom is -0.374 e. The Bertz CT molecular complexity index is 680. The molecule has 3 rings (SSSR count). The third-order valence-corrected chi connectivity index (χ3v) is 3.40. The summed E-state index contributed by atoms with van der Waals surface area (Å²) in [5, 5.41) is 3.37. The van der Waals surface area contributed by atoms with Gasteiger partial charge in [-0.3, -0.25) is 4.98 Å². The molecular formula is C18H14F2N2. The van der Waals surface area contributed by atoms with Crippen LogP contribution in [0.15, 0.2) is 73.1 Å². The number of rotatable bonds is 4. The maximum absolute atomic E-state index is 13.2. The lowest BCUT2D eigenvalue weighted by molar-refractivity contribution is 0.625. The quantitative estimate of drug-likeness (QED) is 0.763. The second-order valence-electron chi connectivity index (χ2n) is 4.92. The number of benzene rings is 2. The highest BCUT2D eigenvalue weighted by atomic mass is 19.1. The van der Waals surface area contributed by atoms with Crippen LogP contribution in [-0.2, 0) is 0 Å². The summed E-state index contributed by atoms with van der Waals surface area (Å²) in [6.07, 6.45) is 3.38. The molecule has 2 nitrogen and oxygen atoms in total. The minimum atomic E-state index is -0.287. The number of halogens is 2. The molecule has 0 spiro atoms. The molecule has 1 aromatic heterocycles. The maximum atomic E-state index is 13.2. The van der Waals surface area contributed by atoms with Crippen molar-refractivity contribution in [1.82, 2.24) is 4.98 Å². The number of nitrogens with zero attached hydrogens (tertiary/aromatic N) is 1. The molecule has 1 heterocycles. The third-order valence-electron chi connectivity index (χ3n) is 3.40. The molecule has 22 heavy (non-hydrogen) atoms. The van der Waals surface area contributed by atoms with E-state index in [2.05, 4.69) is 10.3 Å². The van der Waals surface area contributed by atoms with E-state index in [4.69, 9.17) is 0 Å². The highest BCUT2D eigenvalue weighted by Crippen LogP contribution is 2.26. The first kappa shape index (κ1) is 14.2. The zero-order chi connectivity index (χ0) is 15.4. The molecular weight excluding hydrogens is 282 g/mol. The van der Waals surface area contributed by atoms with E-state index in [1.54, 1.807) is 36.7 Å². The average Bonchev–Trinajstić information content (AvgIpc) is 2.56. The van der Waals surface area contributed by atoms with Gasteiger partial charge in [0.05, 0.1) is 6.04 Å². The standard InChI is InChI=1S/C18H14F2N2/c19-15-5-1-13(2-6-15)18(14-3-7-16(20)8-4-14)22-17-9-11-21-12-10-17/h1-12,18H,(H,21,22). The Morgan fingerprint density at radius 2 is 1.14 bits per heavy atom. The molecule has 4 heteroatoms. The van der Waals surface area contributed by atoms with Crippen LogP contribution < -0.4 is 5.32 Å². The summed E-state index contributed by atoms with van der Waals surface area (Å²) in [6.45, 7) is 0. The normalized spacial score (nSPS) is 10.7. The molecule has 3 aromatic rings. The van der Waals surface area contributed by atoms with Crippen LogP contribution in [0.1, 0.15) is 17.2 Å². The predicted octanol–water partition coefficient (Wildman–Crippen LogP) is 4.56. The predicted molar refractivity (Wildman–Crippen MR) is 82.5 cm³/mol. The molecule has 0 bridgehead atoms. The van der Waals surface area contributed by atoms with Crippen molar-refractivity contribution >= 4 is 5.69 Å². The van der Waals surface area contributed by atoms with E-state index in [1.165, 1.54) is 24.3 Å². The van der Waals surface area contributed by atoms with Crippen molar-refractivity contribution in [2.24, 2.45) is 0 Å². The van der Waals surface area contributed by atoms with Crippen LogP contribution in [0.2, 0.25) is 0 Å². The number of hydrogen-bond donors (Lipinski definition) is 1. The molecule has 0 saturated carbocycles. The summed E-state index contributed by atoms with van der Waals surface area (Å²) in [4.78, 5) is 3.98. The second kappa shape index (κ2) is 6.35. The molecule has 0 unspecified atom stereocenters. The van der Waals surface area contributed by atoms with Gasteiger partial charge in [-0.25, -0.2) is 8.78 Å². The van der Waals surface area contributed by atoms with Gasteiger partial charge in [0, 0.05) is 18.1 Å². The highest BCUT2D eigenvalue weighted by molar-refractivity contribution is 5.48. The Morgan fingerprint density at radius 1 is 0.682 bits per heavy atom. The highest BCUT2D eigenvalue weighted by Gasteiger charge is 2.14. The zero-order valence-electron chi connectivity index (χ0n) is 11.7. The summed E-state index contributed by atoms with van der Waals surface area (Å²) in [6, 6.07) is 16.0. The second-order valence-corrected chi connectivity index (χ2v) is 4.92. The molecule has 1 N–H and O–H groups in total. The number of anilines is 1. The molecule has 0 aliphatic rings. The molecule has 0 amide bonds. The van der Waals surface area contributed by atoms with Gasteiger partial charge in [0.25, 0.3) is 0 Å². The summed E-state index contributed by atoms with van der Waals surface area (Å²) in [5.41, 5.74) is 2.67. The molecule has 2 aromatic carbocycles. The summed E-state index contributed by atoms with van der Waals surface area (Å²) >= 11 is 0. The minimum absolute atomic E-state index is 0.205. The summed E-state index contributed by atoms with van der Waals surface area (Å²) in [7, 11) is 0. The fraction of sp³-hybridized carbons (Fsp3) is 0.0556. The summed E-state index contributed by atoms with van der Waals surface area (Å²) < 4.78 is 26.3. The molecule has 0 radical (unpaired) electrons. The first-order chi connectivity index (χ1) is 10.7. The Labute approximate surface area is 127 Å². The Hall–Kier alpha value is -2.75. The summed E-state index contributed by atoms with van der Waals surface area (Å²) in [5.74, 6) is -0.573. The van der Waals surface area contributed by atoms with E-state index in [1.807, 2.05) is 12.1 Å². The average molecular weight is 296 g/mol.